The molecule has 6 heteroatoms. The molecule has 1 saturated heterocycles. The van der Waals surface area contributed by atoms with Gasteiger partial charge in [0.25, 0.3) is 0 Å². The number of nitrogens with zero attached hydrogens (tertiary/aromatic N) is 2. The first-order valence-electron chi connectivity index (χ1n) is 7.40. The third-order valence-corrected chi connectivity index (χ3v) is 3.47. The Hall–Kier alpha value is -1.56. The molecule has 1 aromatic rings. The van der Waals surface area contributed by atoms with Crippen molar-refractivity contribution in [3.8, 4) is 0 Å². The number of carbonyl (C=O) groups is 1. The Labute approximate surface area is 126 Å². The topological polar surface area (TPSA) is 70.4 Å². The maximum atomic E-state index is 12.4. The van der Waals surface area contributed by atoms with Gasteiger partial charge in [-0.1, -0.05) is 19.0 Å². The SMILES string of the molecule is CC(C)c1cc(NC(=O)N2CC(C)(C)NC(C)(C)C2)no1. The number of anilines is 1. The van der Waals surface area contributed by atoms with Crippen LogP contribution < -0.4 is 10.6 Å². The van der Waals surface area contributed by atoms with Gasteiger partial charge in [-0.2, -0.15) is 0 Å². The Balaban J connectivity index is 2.05. The molecule has 0 radical (unpaired) electrons. The first-order chi connectivity index (χ1) is 9.58. The number of urea groups is 1. The third kappa shape index (κ3) is 3.97. The number of piperazine rings is 1. The highest BCUT2D eigenvalue weighted by atomic mass is 16.5. The van der Waals surface area contributed by atoms with Gasteiger partial charge in [0.2, 0.25) is 0 Å². The quantitative estimate of drug-likeness (QED) is 0.880. The number of amides is 2. The molecule has 1 aromatic heterocycles. The van der Waals surface area contributed by atoms with E-state index in [1.54, 1.807) is 6.07 Å². The molecule has 0 aliphatic carbocycles. The van der Waals surface area contributed by atoms with Crippen LogP contribution >= 0.6 is 0 Å². The van der Waals surface area contributed by atoms with Crippen molar-refractivity contribution in [2.75, 3.05) is 18.4 Å². The van der Waals surface area contributed by atoms with E-state index < -0.39 is 0 Å². The monoisotopic (exact) mass is 294 g/mol. The van der Waals surface area contributed by atoms with Crippen molar-refractivity contribution in [3.63, 3.8) is 0 Å². The van der Waals surface area contributed by atoms with Gasteiger partial charge in [0.15, 0.2) is 5.82 Å². The Morgan fingerprint density at radius 1 is 1.33 bits per heavy atom. The summed E-state index contributed by atoms with van der Waals surface area (Å²) < 4.78 is 5.20. The number of aromatic nitrogens is 1. The lowest BCUT2D eigenvalue weighted by atomic mass is 9.92. The predicted molar refractivity (Wildman–Crippen MR) is 82.5 cm³/mol. The molecule has 0 atom stereocenters. The smallest absolute Gasteiger partial charge is 0.323 e. The Kier molecular flexibility index (Phi) is 4.02. The van der Waals surface area contributed by atoms with Gasteiger partial charge in [-0.15, -0.1) is 0 Å². The molecule has 2 N–H and O–H groups in total. The van der Waals surface area contributed by atoms with Crippen LogP contribution in [-0.2, 0) is 0 Å². The second-order valence-electron chi connectivity index (χ2n) is 7.45. The number of nitrogens with one attached hydrogen (secondary N) is 2. The molecule has 2 amide bonds. The van der Waals surface area contributed by atoms with Crippen molar-refractivity contribution in [2.24, 2.45) is 0 Å². The highest BCUT2D eigenvalue weighted by Crippen LogP contribution is 2.22. The van der Waals surface area contributed by atoms with E-state index in [-0.39, 0.29) is 23.0 Å². The van der Waals surface area contributed by atoms with Gasteiger partial charge in [0.05, 0.1) is 0 Å². The second kappa shape index (κ2) is 5.33. The Morgan fingerprint density at radius 2 is 1.90 bits per heavy atom. The van der Waals surface area contributed by atoms with Crippen molar-refractivity contribution >= 4 is 11.8 Å². The number of hydrogen-bond acceptors (Lipinski definition) is 4. The summed E-state index contributed by atoms with van der Waals surface area (Å²) >= 11 is 0. The molecule has 1 fully saturated rings. The summed E-state index contributed by atoms with van der Waals surface area (Å²) in [6.07, 6.45) is 0. The van der Waals surface area contributed by atoms with Gasteiger partial charge in [-0.25, -0.2) is 4.79 Å². The van der Waals surface area contributed by atoms with Crippen LogP contribution in [0.3, 0.4) is 0 Å². The van der Waals surface area contributed by atoms with E-state index >= 15 is 0 Å². The first-order valence-corrected chi connectivity index (χ1v) is 7.40. The van der Waals surface area contributed by atoms with Crippen molar-refractivity contribution in [3.05, 3.63) is 11.8 Å². The number of carbonyl (C=O) groups excluding carboxylic acids is 1. The van der Waals surface area contributed by atoms with Crippen molar-refractivity contribution in [1.82, 2.24) is 15.4 Å². The van der Waals surface area contributed by atoms with Crippen LogP contribution in [0.4, 0.5) is 10.6 Å². The minimum Gasteiger partial charge on any atom is -0.359 e. The number of hydrogen-bond donors (Lipinski definition) is 2. The molecule has 0 spiro atoms. The first kappa shape index (κ1) is 15.8. The van der Waals surface area contributed by atoms with E-state index in [1.807, 2.05) is 18.7 Å². The molecule has 6 nitrogen and oxygen atoms in total. The zero-order valence-electron chi connectivity index (χ0n) is 13.8. The zero-order chi connectivity index (χ0) is 15.8. The van der Waals surface area contributed by atoms with Crippen LogP contribution in [0.2, 0.25) is 0 Å². The summed E-state index contributed by atoms with van der Waals surface area (Å²) in [5.41, 5.74) is -0.238. The van der Waals surface area contributed by atoms with E-state index in [0.29, 0.717) is 18.9 Å². The third-order valence-electron chi connectivity index (χ3n) is 3.47. The fourth-order valence-electron chi connectivity index (χ4n) is 2.96. The van der Waals surface area contributed by atoms with Gasteiger partial charge < -0.3 is 14.7 Å². The molecular formula is C15H26N4O2. The minimum atomic E-state index is -0.138. The molecule has 1 aliphatic rings. The normalized spacial score (nSPS) is 20.6. The van der Waals surface area contributed by atoms with Crippen molar-refractivity contribution < 1.29 is 9.32 Å². The van der Waals surface area contributed by atoms with Crippen LogP contribution in [0.5, 0.6) is 0 Å². The lowest BCUT2D eigenvalue weighted by Gasteiger charge is -2.48. The Bertz CT molecular complexity index is 503. The molecule has 118 valence electrons. The van der Waals surface area contributed by atoms with Crippen LogP contribution in [0, 0.1) is 0 Å². The van der Waals surface area contributed by atoms with E-state index in [4.69, 9.17) is 4.52 Å². The fraction of sp³-hybridized carbons (Fsp3) is 0.733. The summed E-state index contributed by atoms with van der Waals surface area (Å²) in [5, 5.41) is 10.3. The zero-order valence-corrected chi connectivity index (χ0v) is 13.8. The van der Waals surface area contributed by atoms with Crippen LogP contribution in [-0.4, -0.2) is 40.3 Å². The standard InChI is InChI=1S/C15H26N4O2/c1-10(2)11-7-12(17-21-11)16-13(20)19-8-14(3,4)18-15(5,6)9-19/h7,10,18H,8-9H2,1-6H3,(H,16,17,20). The van der Waals surface area contributed by atoms with E-state index in [2.05, 4.69) is 43.5 Å². The summed E-state index contributed by atoms with van der Waals surface area (Å²) in [6.45, 7) is 13.7. The largest absolute Gasteiger partial charge is 0.359 e. The molecule has 0 aromatic carbocycles. The summed E-state index contributed by atoms with van der Waals surface area (Å²) in [7, 11) is 0. The maximum absolute atomic E-state index is 12.4. The average molecular weight is 294 g/mol. The lowest BCUT2D eigenvalue weighted by Crippen LogP contribution is -2.68. The summed E-state index contributed by atoms with van der Waals surface area (Å²) in [6, 6.07) is 1.64. The molecule has 2 heterocycles. The highest BCUT2D eigenvalue weighted by molar-refractivity contribution is 5.88. The summed E-state index contributed by atoms with van der Waals surface area (Å²) in [5.74, 6) is 1.49. The van der Waals surface area contributed by atoms with Crippen LogP contribution in [0.15, 0.2) is 10.6 Å². The van der Waals surface area contributed by atoms with Gasteiger partial charge in [-0.3, -0.25) is 5.32 Å². The van der Waals surface area contributed by atoms with Gasteiger partial charge in [0.1, 0.15) is 5.76 Å². The second-order valence-corrected chi connectivity index (χ2v) is 7.45. The van der Waals surface area contributed by atoms with E-state index in [9.17, 15) is 4.79 Å². The molecule has 2 rings (SSSR count). The highest BCUT2D eigenvalue weighted by Gasteiger charge is 2.38. The van der Waals surface area contributed by atoms with E-state index in [1.165, 1.54) is 0 Å². The molecule has 0 unspecified atom stereocenters. The number of rotatable bonds is 2. The molecule has 0 saturated carbocycles. The molecule has 21 heavy (non-hydrogen) atoms. The molecule has 0 bridgehead atoms. The lowest BCUT2D eigenvalue weighted by molar-refractivity contribution is 0.102. The predicted octanol–water partition coefficient (Wildman–Crippen LogP) is 2.79. The van der Waals surface area contributed by atoms with Crippen molar-refractivity contribution in [2.45, 2.75) is 58.5 Å². The van der Waals surface area contributed by atoms with Crippen LogP contribution in [0.1, 0.15) is 53.2 Å². The van der Waals surface area contributed by atoms with Crippen LogP contribution in [0.25, 0.3) is 0 Å². The van der Waals surface area contributed by atoms with E-state index in [0.717, 1.165) is 5.76 Å². The van der Waals surface area contributed by atoms with Gasteiger partial charge in [0, 0.05) is 36.2 Å². The fourth-order valence-corrected chi connectivity index (χ4v) is 2.96. The average Bonchev–Trinajstić information content (AvgIpc) is 2.73. The van der Waals surface area contributed by atoms with Crippen molar-refractivity contribution in [1.29, 1.82) is 0 Å². The molecule has 1 aliphatic heterocycles. The van der Waals surface area contributed by atoms with Gasteiger partial charge >= 0.3 is 6.03 Å². The molecular weight excluding hydrogens is 268 g/mol. The minimum absolute atomic E-state index is 0.119. The maximum Gasteiger partial charge on any atom is 0.323 e. The summed E-state index contributed by atoms with van der Waals surface area (Å²) in [4.78, 5) is 14.2. The Morgan fingerprint density at radius 3 is 2.38 bits per heavy atom. The van der Waals surface area contributed by atoms with Gasteiger partial charge in [-0.05, 0) is 27.7 Å².